The number of hydrogen-bond acceptors (Lipinski definition) is 5. The summed E-state index contributed by atoms with van der Waals surface area (Å²) in [6.07, 6.45) is 1.96. The Morgan fingerprint density at radius 2 is 1.57 bits per heavy atom. The number of rotatable bonds is 5. The minimum Gasteiger partial charge on any atom is -0.493 e. The number of nitrogens with zero attached hydrogens (tertiary/aromatic N) is 1. The lowest BCUT2D eigenvalue weighted by molar-refractivity contribution is 0.0793. The van der Waals surface area contributed by atoms with Crippen molar-refractivity contribution in [2.75, 3.05) is 38.4 Å². The first-order chi connectivity index (χ1) is 13.0. The summed E-state index contributed by atoms with van der Waals surface area (Å²) in [4.78, 5) is 27.4. The second-order valence-corrected chi connectivity index (χ2v) is 6.33. The van der Waals surface area contributed by atoms with Crippen LogP contribution in [0.2, 0.25) is 0 Å². The molecule has 0 saturated carbocycles. The van der Waals surface area contributed by atoms with Gasteiger partial charge in [0.05, 0.1) is 25.5 Å². The highest BCUT2D eigenvalue weighted by Crippen LogP contribution is 2.34. The Kier molecular flexibility index (Phi) is 7.12. The van der Waals surface area contributed by atoms with Gasteiger partial charge in [0.25, 0.3) is 11.8 Å². The maximum atomic E-state index is 13.0. The van der Waals surface area contributed by atoms with Gasteiger partial charge in [-0.1, -0.05) is 0 Å². The standard InChI is InChI=1S/C20H23N3O4.ClH/c1-26-17-11-15(20(25)23-9-3-4-10-23)16(12-18(17)27-2)22-19(24)13-5-7-14(21)8-6-13;/h5-8,11-12H,3-4,9-10,21H2,1-2H3,(H,22,24);1H. The third kappa shape index (κ3) is 4.48. The third-order valence-electron chi connectivity index (χ3n) is 4.57. The first-order valence-corrected chi connectivity index (χ1v) is 8.75. The molecule has 2 aromatic rings. The van der Waals surface area contributed by atoms with E-state index in [9.17, 15) is 9.59 Å². The Morgan fingerprint density at radius 3 is 2.14 bits per heavy atom. The van der Waals surface area contributed by atoms with Crippen molar-refractivity contribution in [1.82, 2.24) is 4.90 Å². The zero-order valence-electron chi connectivity index (χ0n) is 15.9. The largest absolute Gasteiger partial charge is 0.493 e. The van der Waals surface area contributed by atoms with E-state index in [2.05, 4.69) is 5.32 Å². The molecule has 1 saturated heterocycles. The molecule has 0 aliphatic carbocycles. The van der Waals surface area contributed by atoms with Gasteiger partial charge in [0.2, 0.25) is 0 Å². The summed E-state index contributed by atoms with van der Waals surface area (Å²) in [6.45, 7) is 1.41. The zero-order chi connectivity index (χ0) is 19.4. The molecule has 1 heterocycles. The lowest BCUT2D eigenvalue weighted by Crippen LogP contribution is -2.29. The van der Waals surface area contributed by atoms with Crippen LogP contribution in [0.1, 0.15) is 33.6 Å². The van der Waals surface area contributed by atoms with E-state index in [0.29, 0.717) is 47.1 Å². The minimum atomic E-state index is -0.335. The van der Waals surface area contributed by atoms with Gasteiger partial charge in [-0.25, -0.2) is 0 Å². The van der Waals surface area contributed by atoms with Crippen molar-refractivity contribution in [3.63, 3.8) is 0 Å². The number of likely N-dealkylation sites (tertiary alicyclic amines) is 1. The zero-order valence-corrected chi connectivity index (χ0v) is 16.7. The smallest absolute Gasteiger partial charge is 0.256 e. The number of nitrogen functional groups attached to an aromatic ring is 1. The summed E-state index contributed by atoms with van der Waals surface area (Å²) >= 11 is 0. The Hall–Kier alpha value is -2.93. The van der Waals surface area contributed by atoms with Gasteiger partial charge in [0, 0.05) is 30.4 Å². The number of nitrogens with two attached hydrogens (primary N) is 1. The van der Waals surface area contributed by atoms with E-state index >= 15 is 0 Å². The van der Waals surface area contributed by atoms with Crippen LogP contribution in [0, 0.1) is 0 Å². The molecule has 0 unspecified atom stereocenters. The molecule has 7 nitrogen and oxygen atoms in total. The molecule has 0 radical (unpaired) electrons. The molecular weight excluding hydrogens is 382 g/mol. The second-order valence-electron chi connectivity index (χ2n) is 6.33. The highest BCUT2D eigenvalue weighted by molar-refractivity contribution is 6.09. The van der Waals surface area contributed by atoms with Crippen LogP contribution in [-0.4, -0.2) is 44.0 Å². The van der Waals surface area contributed by atoms with E-state index in [0.717, 1.165) is 12.8 Å². The number of nitrogens with one attached hydrogen (secondary N) is 1. The number of carbonyl (C=O) groups excluding carboxylic acids is 2. The number of benzene rings is 2. The first-order valence-electron chi connectivity index (χ1n) is 8.75. The fourth-order valence-corrected chi connectivity index (χ4v) is 3.08. The van der Waals surface area contributed by atoms with Crippen molar-refractivity contribution in [1.29, 1.82) is 0 Å². The predicted octanol–water partition coefficient (Wildman–Crippen LogP) is 3.20. The highest BCUT2D eigenvalue weighted by Gasteiger charge is 2.25. The molecule has 1 aliphatic rings. The number of halogens is 1. The minimum absolute atomic E-state index is 0. The molecule has 1 aliphatic heterocycles. The SMILES string of the molecule is COc1cc(NC(=O)c2ccc(N)cc2)c(C(=O)N2CCCC2)cc1OC.Cl. The van der Waals surface area contributed by atoms with Crippen molar-refractivity contribution >= 4 is 35.6 Å². The van der Waals surface area contributed by atoms with Crippen molar-refractivity contribution in [3.8, 4) is 11.5 Å². The maximum Gasteiger partial charge on any atom is 0.256 e. The quantitative estimate of drug-likeness (QED) is 0.745. The third-order valence-corrected chi connectivity index (χ3v) is 4.57. The average molecular weight is 406 g/mol. The first kappa shape index (κ1) is 21.4. The van der Waals surface area contributed by atoms with Crippen LogP contribution >= 0.6 is 12.4 Å². The van der Waals surface area contributed by atoms with Gasteiger partial charge in [0.1, 0.15) is 0 Å². The molecule has 0 atom stereocenters. The van der Waals surface area contributed by atoms with Crippen LogP contribution in [-0.2, 0) is 0 Å². The molecule has 0 bridgehead atoms. The summed E-state index contributed by atoms with van der Waals surface area (Å²) in [5, 5.41) is 2.81. The Bertz CT molecular complexity index is 849. The van der Waals surface area contributed by atoms with Crippen LogP contribution in [0.15, 0.2) is 36.4 Å². The lowest BCUT2D eigenvalue weighted by Gasteiger charge is -2.20. The monoisotopic (exact) mass is 405 g/mol. The molecule has 8 heteroatoms. The van der Waals surface area contributed by atoms with Crippen molar-refractivity contribution < 1.29 is 19.1 Å². The Labute approximate surface area is 170 Å². The summed E-state index contributed by atoms with van der Waals surface area (Å²) in [6, 6.07) is 9.79. The normalized spacial score (nSPS) is 12.9. The van der Waals surface area contributed by atoms with Crippen molar-refractivity contribution in [2.24, 2.45) is 0 Å². The van der Waals surface area contributed by atoms with Crippen molar-refractivity contribution in [3.05, 3.63) is 47.5 Å². The van der Waals surface area contributed by atoms with Crippen LogP contribution in [0.5, 0.6) is 11.5 Å². The number of amides is 2. The van der Waals surface area contributed by atoms with E-state index in [1.165, 1.54) is 14.2 Å². The molecule has 150 valence electrons. The molecule has 2 aromatic carbocycles. The predicted molar refractivity (Wildman–Crippen MR) is 111 cm³/mol. The van der Waals surface area contributed by atoms with E-state index in [4.69, 9.17) is 15.2 Å². The van der Waals surface area contributed by atoms with Crippen LogP contribution < -0.4 is 20.5 Å². The molecule has 3 N–H and O–H groups in total. The van der Waals surface area contributed by atoms with Gasteiger partial charge in [0.15, 0.2) is 11.5 Å². The molecule has 2 amide bonds. The number of carbonyl (C=O) groups is 2. The van der Waals surface area contributed by atoms with E-state index in [-0.39, 0.29) is 24.2 Å². The van der Waals surface area contributed by atoms with Gasteiger partial charge >= 0.3 is 0 Å². The van der Waals surface area contributed by atoms with E-state index in [1.807, 2.05) is 0 Å². The van der Waals surface area contributed by atoms with E-state index in [1.54, 1.807) is 41.3 Å². The molecule has 0 aromatic heterocycles. The fraction of sp³-hybridized carbons (Fsp3) is 0.300. The maximum absolute atomic E-state index is 13.0. The van der Waals surface area contributed by atoms with Gasteiger partial charge < -0.3 is 25.4 Å². The molecule has 0 spiro atoms. The molecule has 1 fully saturated rings. The number of anilines is 2. The van der Waals surface area contributed by atoms with Gasteiger partial charge in [-0.3, -0.25) is 9.59 Å². The van der Waals surface area contributed by atoms with E-state index < -0.39 is 0 Å². The number of methoxy groups -OCH3 is 2. The number of ether oxygens (including phenoxy) is 2. The lowest BCUT2D eigenvalue weighted by atomic mass is 10.1. The number of hydrogen-bond donors (Lipinski definition) is 2. The van der Waals surface area contributed by atoms with Crippen LogP contribution in [0.4, 0.5) is 11.4 Å². The molecular formula is C20H24ClN3O4. The summed E-state index contributed by atoms with van der Waals surface area (Å²) in [7, 11) is 3.01. The van der Waals surface area contributed by atoms with Gasteiger partial charge in [-0.2, -0.15) is 0 Å². The summed E-state index contributed by atoms with van der Waals surface area (Å²) in [5.74, 6) is 0.396. The summed E-state index contributed by atoms with van der Waals surface area (Å²) < 4.78 is 10.6. The van der Waals surface area contributed by atoms with Gasteiger partial charge in [-0.05, 0) is 43.2 Å². The summed E-state index contributed by atoms with van der Waals surface area (Å²) in [5.41, 5.74) is 7.44. The van der Waals surface area contributed by atoms with Gasteiger partial charge in [-0.15, -0.1) is 12.4 Å². The fourth-order valence-electron chi connectivity index (χ4n) is 3.08. The van der Waals surface area contributed by atoms with Crippen LogP contribution in [0.3, 0.4) is 0 Å². The topological polar surface area (TPSA) is 93.9 Å². The van der Waals surface area contributed by atoms with Crippen LogP contribution in [0.25, 0.3) is 0 Å². The second kappa shape index (κ2) is 9.32. The molecule has 3 rings (SSSR count). The Balaban J connectivity index is 0.00000280. The highest BCUT2D eigenvalue weighted by atomic mass is 35.5. The molecule has 28 heavy (non-hydrogen) atoms. The van der Waals surface area contributed by atoms with Crippen molar-refractivity contribution in [2.45, 2.75) is 12.8 Å². The Morgan fingerprint density at radius 1 is 1.00 bits per heavy atom. The average Bonchev–Trinajstić information content (AvgIpc) is 3.22.